The maximum Gasteiger partial charge on any atom is 0.271 e. The summed E-state index contributed by atoms with van der Waals surface area (Å²) in [5.41, 5.74) is 15.0. The van der Waals surface area contributed by atoms with Gasteiger partial charge in [-0.25, -0.2) is 9.97 Å². The third kappa shape index (κ3) is 5.05. The molecule has 1 amide bonds. The SMILES string of the molecule is Cc1cc(Nc2nc(N[C@@H]3CCCC[C@@H]3N)cnc2C(N)=O)ccc1N1CCOCC1. The number of amides is 1. The summed E-state index contributed by atoms with van der Waals surface area (Å²) in [6.07, 6.45) is 5.81. The Labute approximate surface area is 182 Å². The Morgan fingerprint density at radius 3 is 2.71 bits per heavy atom. The highest BCUT2D eigenvalue weighted by atomic mass is 16.5. The molecule has 6 N–H and O–H groups in total. The molecule has 4 rings (SSSR count). The molecule has 1 aliphatic heterocycles. The Morgan fingerprint density at radius 1 is 1.23 bits per heavy atom. The van der Waals surface area contributed by atoms with E-state index in [9.17, 15) is 4.79 Å². The van der Waals surface area contributed by atoms with Gasteiger partial charge in [0.05, 0.1) is 19.4 Å². The lowest BCUT2D eigenvalue weighted by Crippen LogP contribution is -2.42. The monoisotopic (exact) mass is 425 g/mol. The zero-order chi connectivity index (χ0) is 21.8. The van der Waals surface area contributed by atoms with Gasteiger partial charge in [-0.1, -0.05) is 12.8 Å². The number of hydrogen-bond donors (Lipinski definition) is 4. The van der Waals surface area contributed by atoms with Gasteiger partial charge in [-0.2, -0.15) is 0 Å². The highest BCUT2D eigenvalue weighted by Crippen LogP contribution is 2.27. The Morgan fingerprint density at radius 2 is 2.00 bits per heavy atom. The van der Waals surface area contributed by atoms with Gasteiger partial charge >= 0.3 is 0 Å². The molecule has 2 aromatic rings. The molecule has 1 aliphatic carbocycles. The van der Waals surface area contributed by atoms with E-state index in [4.69, 9.17) is 16.2 Å². The molecule has 0 unspecified atom stereocenters. The number of hydrogen-bond acceptors (Lipinski definition) is 8. The van der Waals surface area contributed by atoms with E-state index in [-0.39, 0.29) is 17.8 Å². The maximum absolute atomic E-state index is 11.9. The van der Waals surface area contributed by atoms with E-state index in [2.05, 4.69) is 38.5 Å². The molecule has 0 bridgehead atoms. The quantitative estimate of drug-likeness (QED) is 0.554. The Kier molecular flexibility index (Phi) is 6.53. The summed E-state index contributed by atoms with van der Waals surface area (Å²) in [5, 5.41) is 6.60. The van der Waals surface area contributed by atoms with Crippen LogP contribution in [0.5, 0.6) is 0 Å². The van der Waals surface area contributed by atoms with Gasteiger partial charge in [0.2, 0.25) is 0 Å². The largest absolute Gasteiger partial charge is 0.378 e. The first kappa shape index (κ1) is 21.3. The van der Waals surface area contributed by atoms with Gasteiger partial charge in [-0.3, -0.25) is 4.79 Å². The van der Waals surface area contributed by atoms with Crippen molar-refractivity contribution in [3.63, 3.8) is 0 Å². The first-order valence-electron chi connectivity index (χ1n) is 10.9. The van der Waals surface area contributed by atoms with Crippen LogP contribution in [0.4, 0.5) is 23.0 Å². The minimum Gasteiger partial charge on any atom is -0.378 e. The molecule has 0 radical (unpaired) electrons. The lowest BCUT2D eigenvalue weighted by Gasteiger charge is -2.30. The minimum atomic E-state index is -0.627. The van der Waals surface area contributed by atoms with Gasteiger partial charge in [-0.15, -0.1) is 0 Å². The fraction of sp³-hybridized carbons (Fsp3) is 0.500. The second-order valence-electron chi connectivity index (χ2n) is 8.24. The van der Waals surface area contributed by atoms with Crippen LogP contribution in [0, 0.1) is 6.92 Å². The van der Waals surface area contributed by atoms with Crippen molar-refractivity contribution in [2.75, 3.05) is 41.8 Å². The number of carbonyl (C=O) groups excluding carboxylic acids is 1. The molecule has 9 nitrogen and oxygen atoms in total. The Hall–Kier alpha value is -2.91. The summed E-state index contributed by atoms with van der Waals surface area (Å²) in [6, 6.07) is 6.31. The fourth-order valence-corrected chi connectivity index (χ4v) is 4.28. The first-order chi connectivity index (χ1) is 15.0. The van der Waals surface area contributed by atoms with E-state index in [1.165, 1.54) is 5.69 Å². The molecule has 166 valence electrons. The Bertz CT molecular complexity index is 930. The number of benzene rings is 1. The van der Waals surface area contributed by atoms with Crippen molar-refractivity contribution < 1.29 is 9.53 Å². The zero-order valence-corrected chi connectivity index (χ0v) is 17.9. The number of primary amides is 1. The van der Waals surface area contributed by atoms with Crippen LogP contribution in [0.1, 0.15) is 41.7 Å². The van der Waals surface area contributed by atoms with Gasteiger partial charge in [0, 0.05) is 36.5 Å². The number of nitrogens with two attached hydrogens (primary N) is 2. The molecule has 1 aromatic heterocycles. The van der Waals surface area contributed by atoms with E-state index in [1.807, 2.05) is 12.1 Å². The molecule has 0 spiro atoms. The van der Waals surface area contributed by atoms with Crippen LogP contribution in [-0.4, -0.2) is 54.3 Å². The van der Waals surface area contributed by atoms with Crippen molar-refractivity contribution in [1.29, 1.82) is 0 Å². The maximum atomic E-state index is 11.9. The van der Waals surface area contributed by atoms with E-state index < -0.39 is 5.91 Å². The number of rotatable bonds is 6. The molecule has 2 fully saturated rings. The number of morpholine rings is 1. The minimum absolute atomic E-state index is 0.0816. The fourth-order valence-electron chi connectivity index (χ4n) is 4.28. The normalized spacial score (nSPS) is 21.5. The van der Waals surface area contributed by atoms with Gasteiger partial charge in [0.15, 0.2) is 11.5 Å². The summed E-state index contributed by atoms with van der Waals surface area (Å²) in [5.74, 6) is 0.287. The van der Waals surface area contributed by atoms with Crippen LogP contribution in [-0.2, 0) is 4.74 Å². The first-order valence-corrected chi connectivity index (χ1v) is 10.9. The molecule has 1 saturated heterocycles. The number of anilines is 4. The lowest BCUT2D eigenvalue weighted by atomic mass is 9.91. The number of carbonyl (C=O) groups is 1. The van der Waals surface area contributed by atoms with Crippen molar-refractivity contribution in [3.8, 4) is 0 Å². The number of nitrogens with zero attached hydrogens (tertiary/aromatic N) is 3. The third-order valence-corrected chi connectivity index (χ3v) is 5.97. The van der Waals surface area contributed by atoms with Gasteiger partial charge in [0.25, 0.3) is 5.91 Å². The number of ether oxygens (including phenoxy) is 1. The Balaban J connectivity index is 1.54. The summed E-state index contributed by atoms with van der Waals surface area (Å²) in [6.45, 7) is 5.30. The van der Waals surface area contributed by atoms with Crippen LogP contribution in [0.15, 0.2) is 24.4 Å². The molecule has 1 aromatic carbocycles. The molecule has 2 atom stereocenters. The predicted molar refractivity (Wildman–Crippen MR) is 122 cm³/mol. The number of nitrogens with one attached hydrogen (secondary N) is 2. The van der Waals surface area contributed by atoms with Crippen molar-refractivity contribution in [2.24, 2.45) is 11.5 Å². The summed E-state index contributed by atoms with van der Waals surface area (Å²) in [7, 11) is 0. The molecular formula is C22H31N7O2. The van der Waals surface area contributed by atoms with Crippen molar-refractivity contribution in [3.05, 3.63) is 35.7 Å². The van der Waals surface area contributed by atoms with E-state index in [1.54, 1.807) is 6.20 Å². The molecule has 2 aliphatic rings. The average Bonchev–Trinajstić information content (AvgIpc) is 2.76. The summed E-state index contributed by atoms with van der Waals surface area (Å²) < 4.78 is 5.44. The second kappa shape index (κ2) is 9.49. The van der Waals surface area contributed by atoms with Crippen molar-refractivity contribution >= 4 is 28.9 Å². The second-order valence-corrected chi connectivity index (χ2v) is 8.24. The van der Waals surface area contributed by atoms with Crippen molar-refractivity contribution in [1.82, 2.24) is 9.97 Å². The summed E-state index contributed by atoms with van der Waals surface area (Å²) in [4.78, 5) is 23.1. The van der Waals surface area contributed by atoms with Crippen molar-refractivity contribution in [2.45, 2.75) is 44.7 Å². The third-order valence-electron chi connectivity index (χ3n) is 5.97. The van der Waals surface area contributed by atoms with E-state index in [0.29, 0.717) is 11.6 Å². The summed E-state index contributed by atoms with van der Waals surface area (Å²) >= 11 is 0. The van der Waals surface area contributed by atoms with E-state index >= 15 is 0 Å². The van der Waals surface area contributed by atoms with Gasteiger partial charge in [-0.05, 0) is 43.5 Å². The van der Waals surface area contributed by atoms with Crippen LogP contribution < -0.4 is 27.0 Å². The topological polar surface area (TPSA) is 131 Å². The molecule has 9 heteroatoms. The van der Waals surface area contributed by atoms with Gasteiger partial charge < -0.3 is 31.7 Å². The molecule has 1 saturated carbocycles. The molecular weight excluding hydrogens is 394 g/mol. The smallest absolute Gasteiger partial charge is 0.271 e. The van der Waals surface area contributed by atoms with Crippen LogP contribution in [0.3, 0.4) is 0 Å². The average molecular weight is 426 g/mol. The lowest BCUT2D eigenvalue weighted by molar-refractivity contribution is 0.0996. The van der Waals surface area contributed by atoms with Crippen LogP contribution in [0.25, 0.3) is 0 Å². The molecule has 31 heavy (non-hydrogen) atoms. The van der Waals surface area contributed by atoms with Gasteiger partial charge in [0.1, 0.15) is 5.82 Å². The zero-order valence-electron chi connectivity index (χ0n) is 17.9. The highest BCUT2D eigenvalue weighted by molar-refractivity contribution is 5.96. The molecule has 2 heterocycles. The standard InChI is InChI=1S/C22H31N7O2/c1-14-12-15(6-7-18(14)29-8-10-31-11-9-29)26-22-20(21(24)30)25-13-19(28-22)27-17-5-3-2-4-16(17)23/h6-7,12-13,16-17H,2-5,8-11,23H2,1H3,(H2,24,30)(H2,26,27,28)/t16-,17+/m0/s1. The number of aromatic nitrogens is 2. The highest BCUT2D eigenvalue weighted by Gasteiger charge is 2.23. The number of aryl methyl sites for hydroxylation is 1. The van der Waals surface area contributed by atoms with Crippen LogP contribution in [0.2, 0.25) is 0 Å². The van der Waals surface area contributed by atoms with Crippen LogP contribution >= 0.6 is 0 Å². The van der Waals surface area contributed by atoms with E-state index in [0.717, 1.165) is 63.2 Å². The predicted octanol–water partition coefficient (Wildman–Crippen LogP) is 2.15.